The molecule has 0 amide bonds. The number of ether oxygens (including phenoxy) is 2. The second kappa shape index (κ2) is 5.52. The number of hydrogen-bond donors (Lipinski definition) is 0. The first-order valence-corrected chi connectivity index (χ1v) is 6.57. The molecule has 0 bridgehead atoms. The van der Waals surface area contributed by atoms with Crippen molar-refractivity contribution in [1.82, 2.24) is 0 Å². The van der Waals surface area contributed by atoms with Crippen LogP contribution in [0.5, 0.6) is 11.5 Å². The Labute approximate surface area is 125 Å². The average molecular weight is 300 g/mol. The monoisotopic (exact) mass is 300 g/mol. The summed E-state index contributed by atoms with van der Waals surface area (Å²) < 4.78 is 29.6. The first-order valence-electron chi connectivity index (χ1n) is 6.57. The van der Waals surface area contributed by atoms with Crippen molar-refractivity contribution < 1.29 is 18.3 Å². The lowest BCUT2D eigenvalue weighted by Crippen LogP contribution is -2.07. The quantitative estimate of drug-likeness (QED) is 0.741. The van der Waals surface area contributed by atoms with Crippen molar-refractivity contribution >= 4 is 11.0 Å². The molecule has 1 heterocycles. The summed E-state index contributed by atoms with van der Waals surface area (Å²) in [7, 11) is 2.98. The number of benzene rings is 2. The van der Waals surface area contributed by atoms with Gasteiger partial charge in [-0.2, -0.15) is 0 Å². The third-order valence-electron chi connectivity index (χ3n) is 3.44. The molecular weight excluding hydrogens is 287 g/mol. The summed E-state index contributed by atoms with van der Waals surface area (Å²) in [5.74, 6) is 0.300. The van der Waals surface area contributed by atoms with E-state index < -0.39 is 11.2 Å². The van der Waals surface area contributed by atoms with Crippen LogP contribution in [-0.2, 0) is 0 Å². The number of rotatable bonds is 3. The maximum absolute atomic E-state index is 14.1. The van der Waals surface area contributed by atoms with Crippen molar-refractivity contribution in [2.75, 3.05) is 14.2 Å². The van der Waals surface area contributed by atoms with Crippen LogP contribution in [0.25, 0.3) is 22.1 Å². The van der Waals surface area contributed by atoms with Gasteiger partial charge in [-0.25, -0.2) is 4.39 Å². The molecule has 0 aliphatic rings. The van der Waals surface area contributed by atoms with Gasteiger partial charge in [-0.3, -0.25) is 4.79 Å². The molecule has 0 saturated carbocycles. The second-order valence-corrected chi connectivity index (χ2v) is 4.69. The van der Waals surface area contributed by atoms with Gasteiger partial charge in [-0.1, -0.05) is 12.1 Å². The van der Waals surface area contributed by atoms with E-state index in [-0.39, 0.29) is 11.0 Å². The molecule has 0 aliphatic carbocycles. The van der Waals surface area contributed by atoms with E-state index in [9.17, 15) is 9.18 Å². The van der Waals surface area contributed by atoms with Crippen molar-refractivity contribution in [2.24, 2.45) is 0 Å². The minimum absolute atomic E-state index is 0.0888. The lowest BCUT2D eigenvalue weighted by molar-refractivity contribution is 0.411. The van der Waals surface area contributed by atoms with Crippen LogP contribution in [0.4, 0.5) is 4.39 Å². The molecule has 0 N–H and O–H groups in total. The molecule has 3 aromatic rings. The minimum Gasteiger partial charge on any atom is -0.497 e. The fraction of sp³-hybridized carbons (Fsp3) is 0.118. The highest BCUT2D eigenvalue weighted by atomic mass is 19.1. The van der Waals surface area contributed by atoms with E-state index in [0.29, 0.717) is 22.6 Å². The summed E-state index contributed by atoms with van der Waals surface area (Å²) >= 11 is 0. The Balaban J connectivity index is 2.21. The van der Waals surface area contributed by atoms with E-state index in [0.717, 1.165) is 6.07 Å². The van der Waals surface area contributed by atoms with Crippen molar-refractivity contribution in [2.45, 2.75) is 0 Å². The van der Waals surface area contributed by atoms with Gasteiger partial charge in [0.15, 0.2) is 0 Å². The van der Waals surface area contributed by atoms with Crippen molar-refractivity contribution in [3.63, 3.8) is 0 Å². The van der Waals surface area contributed by atoms with E-state index in [1.54, 1.807) is 31.4 Å². The SMILES string of the molecule is COc1ccc(-c2coc3cc(OC)cc(F)c3c2=O)cc1. The van der Waals surface area contributed by atoms with E-state index in [1.165, 1.54) is 19.4 Å². The molecule has 0 atom stereocenters. The maximum Gasteiger partial charge on any atom is 0.203 e. The molecule has 0 saturated heterocycles. The molecule has 0 aliphatic heterocycles. The van der Waals surface area contributed by atoms with Crippen LogP contribution in [0.3, 0.4) is 0 Å². The summed E-state index contributed by atoms with van der Waals surface area (Å²) in [4.78, 5) is 12.5. The maximum atomic E-state index is 14.1. The summed E-state index contributed by atoms with van der Waals surface area (Å²) in [5.41, 5.74) is 0.650. The molecule has 2 aromatic carbocycles. The highest BCUT2D eigenvalue weighted by molar-refractivity contribution is 5.83. The zero-order valence-corrected chi connectivity index (χ0v) is 12.1. The number of fused-ring (bicyclic) bond motifs is 1. The van der Waals surface area contributed by atoms with E-state index in [2.05, 4.69) is 0 Å². The normalized spacial score (nSPS) is 10.7. The minimum atomic E-state index is -0.668. The van der Waals surface area contributed by atoms with Gasteiger partial charge in [0.05, 0.1) is 19.8 Å². The standard InChI is InChI=1S/C17H13FO4/c1-20-11-5-3-10(4-6-11)13-9-22-15-8-12(21-2)7-14(18)16(15)17(13)19/h3-9H,1-2H3. The summed E-state index contributed by atoms with van der Waals surface area (Å²) in [6, 6.07) is 9.54. The highest BCUT2D eigenvalue weighted by Gasteiger charge is 2.14. The van der Waals surface area contributed by atoms with Crippen molar-refractivity contribution in [1.29, 1.82) is 0 Å². The van der Waals surface area contributed by atoms with Gasteiger partial charge >= 0.3 is 0 Å². The smallest absolute Gasteiger partial charge is 0.203 e. The largest absolute Gasteiger partial charge is 0.497 e. The molecule has 0 unspecified atom stereocenters. The van der Waals surface area contributed by atoms with Crippen LogP contribution < -0.4 is 14.9 Å². The number of methoxy groups -OCH3 is 2. The van der Waals surface area contributed by atoms with Crippen molar-refractivity contribution in [3.05, 3.63) is 58.7 Å². The Morgan fingerprint density at radius 1 is 1.00 bits per heavy atom. The van der Waals surface area contributed by atoms with E-state index in [4.69, 9.17) is 13.9 Å². The molecule has 5 heteroatoms. The predicted molar refractivity (Wildman–Crippen MR) is 81.0 cm³/mol. The molecule has 1 aromatic heterocycles. The van der Waals surface area contributed by atoms with Gasteiger partial charge in [-0.15, -0.1) is 0 Å². The Kier molecular flexibility index (Phi) is 3.55. The summed E-state index contributed by atoms with van der Waals surface area (Å²) in [6.07, 6.45) is 1.32. The summed E-state index contributed by atoms with van der Waals surface area (Å²) in [5, 5.41) is -0.0888. The molecule has 3 rings (SSSR count). The Hall–Kier alpha value is -2.82. The topological polar surface area (TPSA) is 48.7 Å². The summed E-state index contributed by atoms with van der Waals surface area (Å²) in [6.45, 7) is 0. The zero-order chi connectivity index (χ0) is 15.7. The van der Waals surface area contributed by atoms with Crippen LogP contribution in [0, 0.1) is 5.82 Å². The Morgan fingerprint density at radius 2 is 1.68 bits per heavy atom. The molecule has 0 fully saturated rings. The molecule has 112 valence electrons. The molecule has 4 nitrogen and oxygen atoms in total. The van der Waals surface area contributed by atoms with Gasteiger partial charge in [-0.05, 0) is 17.7 Å². The van der Waals surface area contributed by atoms with Gasteiger partial charge in [0.2, 0.25) is 5.43 Å². The number of halogens is 1. The van der Waals surface area contributed by atoms with Crippen LogP contribution >= 0.6 is 0 Å². The molecule has 0 spiro atoms. The zero-order valence-electron chi connectivity index (χ0n) is 12.1. The van der Waals surface area contributed by atoms with Crippen LogP contribution in [0.1, 0.15) is 0 Å². The second-order valence-electron chi connectivity index (χ2n) is 4.69. The van der Waals surface area contributed by atoms with Crippen molar-refractivity contribution in [3.8, 4) is 22.6 Å². The van der Waals surface area contributed by atoms with E-state index in [1.807, 2.05) is 0 Å². The van der Waals surface area contributed by atoms with Gasteiger partial charge in [0.1, 0.15) is 34.5 Å². The molecule has 22 heavy (non-hydrogen) atoms. The molecule has 0 radical (unpaired) electrons. The van der Waals surface area contributed by atoms with Gasteiger partial charge < -0.3 is 13.9 Å². The number of hydrogen-bond acceptors (Lipinski definition) is 4. The first kappa shape index (κ1) is 14.1. The van der Waals surface area contributed by atoms with Crippen LogP contribution in [0.2, 0.25) is 0 Å². The lowest BCUT2D eigenvalue weighted by atomic mass is 10.1. The Bertz CT molecular complexity index is 882. The Morgan fingerprint density at radius 3 is 2.32 bits per heavy atom. The third-order valence-corrected chi connectivity index (χ3v) is 3.44. The highest BCUT2D eigenvalue weighted by Crippen LogP contribution is 2.26. The average Bonchev–Trinajstić information content (AvgIpc) is 2.55. The fourth-order valence-electron chi connectivity index (χ4n) is 2.27. The van der Waals surface area contributed by atoms with Gasteiger partial charge in [0.25, 0.3) is 0 Å². The van der Waals surface area contributed by atoms with Gasteiger partial charge in [0, 0.05) is 12.1 Å². The van der Waals surface area contributed by atoms with Crippen LogP contribution in [-0.4, -0.2) is 14.2 Å². The predicted octanol–water partition coefficient (Wildman–Crippen LogP) is 3.62. The van der Waals surface area contributed by atoms with E-state index >= 15 is 0 Å². The first-order chi connectivity index (χ1) is 10.6. The third kappa shape index (κ3) is 2.30. The fourth-order valence-corrected chi connectivity index (χ4v) is 2.27. The van der Waals surface area contributed by atoms with Crippen LogP contribution in [0.15, 0.2) is 51.9 Å². The lowest BCUT2D eigenvalue weighted by Gasteiger charge is -2.06. The molecular formula is C17H13FO4.